The van der Waals surface area contributed by atoms with E-state index < -0.39 is 29.4 Å². The second-order valence-electron chi connectivity index (χ2n) is 9.24. The maximum atomic E-state index is 12.8. The van der Waals surface area contributed by atoms with Crippen LogP contribution in [0.1, 0.15) is 51.2 Å². The highest BCUT2D eigenvalue weighted by molar-refractivity contribution is 5.86. The van der Waals surface area contributed by atoms with Crippen LogP contribution in [0, 0.1) is 11.3 Å². The van der Waals surface area contributed by atoms with E-state index in [9.17, 15) is 19.5 Å². The molecule has 7 nitrogen and oxygen atoms in total. The van der Waals surface area contributed by atoms with Gasteiger partial charge in [0.05, 0.1) is 5.41 Å². The Bertz CT molecular complexity index is 987. The highest BCUT2D eigenvalue weighted by atomic mass is 16.5. The van der Waals surface area contributed by atoms with Gasteiger partial charge in [0.2, 0.25) is 5.91 Å². The van der Waals surface area contributed by atoms with Crippen LogP contribution in [0.4, 0.5) is 4.79 Å². The van der Waals surface area contributed by atoms with Crippen LogP contribution in [0.15, 0.2) is 48.5 Å². The molecule has 0 saturated heterocycles. The van der Waals surface area contributed by atoms with Crippen molar-refractivity contribution in [3.8, 4) is 11.1 Å². The van der Waals surface area contributed by atoms with Gasteiger partial charge in [-0.15, -0.1) is 0 Å². The topological polar surface area (TPSA) is 105 Å². The van der Waals surface area contributed by atoms with Crippen molar-refractivity contribution in [2.45, 2.75) is 46.1 Å². The van der Waals surface area contributed by atoms with Gasteiger partial charge in [0, 0.05) is 12.5 Å². The number of ether oxygens (including phenoxy) is 1. The lowest BCUT2D eigenvalue weighted by molar-refractivity contribution is -0.146. The number of benzene rings is 2. The molecule has 176 valence electrons. The summed E-state index contributed by atoms with van der Waals surface area (Å²) in [5.41, 5.74) is 3.39. The molecule has 2 atom stereocenters. The lowest BCUT2D eigenvalue weighted by Crippen LogP contribution is -2.52. The van der Waals surface area contributed by atoms with Crippen LogP contribution in [-0.4, -0.2) is 42.3 Å². The van der Waals surface area contributed by atoms with Crippen molar-refractivity contribution in [3.05, 3.63) is 59.7 Å². The molecule has 0 fully saturated rings. The zero-order chi connectivity index (χ0) is 24.2. The lowest BCUT2D eigenvalue weighted by atomic mass is 9.93. The summed E-state index contributed by atoms with van der Waals surface area (Å²) in [6, 6.07) is 15.3. The van der Waals surface area contributed by atoms with Crippen LogP contribution >= 0.6 is 0 Å². The molecule has 3 rings (SSSR count). The number of carbonyl (C=O) groups is 3. The lowest BCUT2D eigenvalue weighted by Gasteiger charge is -2.26. The molecule has 0 aromatic heterocycles. The second kappa shape index (κ2) is 10.1. The van der Waals surface area contributed by atoms with Crippen molar-refractivity contribution >= 4 is 18.0 Å². The average Bonchev–Trinajstić information content (AvgIpc) is 3.13. The first-order valence-electron chi connectivity index (χ1n) is 11.3. The van der Waals surface area contributed by atoms with Crippen molar-refractivity contribution in [2.24, 2.45) is 11.3 Å². The smallest absolute Gasteiger partial charge is 0.407 e. The molecular formula is C26H32N2O5. The molecule has 0 saturated carbocycles. The van der Waals surface area contributed by atoms with E-state index in [1.807, 2.05) is 50.2 Å². The number of alkyl carbamates (subject to hydrolysis) is 1. The van der Waals surface area contributed by atoms with Gasteiger partial charge < -0.3 is 20.5 Å². The highest BCUT2D eigenvalue weighted by Gasteiger charge is 2.33. The van der Waals surface area contributed by atoms with Crippen molar-refractivity contribution in [3.63, 3.8) is 0 Å². The van der Waals surface area contributed by atoms with E-state index in [2.05, 4.69) is 22.8 Å². The fraction of sp³-hybridized carbons (Fsp3) is 0.423. The van der Waals surface area contributed by atoms with Gasteiger partial charge in [-0.3, -0.25) is 9.59 Å². The van der Waals surface area contributed by atoms with Gasteiger partial charge in [-0.05, 0) is 42.0 Å². The van der Waals surface area contributed by atoms with Gasteiger partial charge >= 0.3 is 12.1 Å². The molecule has 0 aliphatic heterocycles. The van der Waals surface area contributed by atoms with E-state index in [0.29, 0.717) is 6.42 Å². The van der Waals surface area contributed by atoms with Crippen LogP contribution in [-0.2, 0) is 14.3 Å². The first kappa shape index (κ1) is 24.3. The Hall–Kier alpha value is -3.35. The Kier molecular flexibility index (Phi) is 7.41. The van der Waals surface area contributed by atoms with Crippen LogP contribution < -0.4 is 10.6 Å². The van der Waals surface area contributed by atoms with E-state index in [-0.39, 0.29) is 25.0 Å². The van der Waals surface area contributed by atoms with Crippen LogP contribution in [0.2, 0.25) is 0 Å². The maximum absolute atomic E-state index is 12.8. The van der Waals surface area contributed by atoms with Crippen LogP contribution in [0.3, 0.4) is 0 Å². The van der Waals surface area contributed by atoms with Gasteiger partial charge in [0.25, 0.3) is 0 Å². The highest BCUT2D eigenvalue weighted by Crippen LogP contribution is 2.44. The number of aliphatic carboxylic acids is 1. The second-order valence-corrected chi connectivity index (χ2v) is 9.24. The molecule has 0 unspecified atom stereocenters. The first-order chi connectivity index (χ1) is 15.7. The van der Waals surface area contributed by atoms with Crippen molar-refractivity contribution < 1.29 is 24.2 Å². The number of carbonyl (C=O) groups excluding carboxylic acids is 2. The Morgan fingerprint density at radius 3 is 2.09 bits per heavy atom. The fourth-order valence-electron chi connectivity index (χ4n) is 3.96. The monoisotopic (exact) mass is 452 g/mol. The SMILES string of the molecule is CC[C@H](C)[C@H](NC(=O)OCC1c2ccccc2-c2ccccc21)C(=O)NCC(C)(C)C(=O)O. The third kappa shape index (κ3) is 5.35. The van der Waals surface area contributed by atoms with E-state index >= 15 is 0 Å². The van der Waals surface area contributed by atoms with Gasteiger partial charge in [0.1, 0.15) is 12.6 Å². The zero-order valence-electron chi connectivity index (χ0n) is 19.6. The molecule has 0 heterocycles. The Balaban J connectivity index is 1.65. The molecule has 7 heteroatoms. The number of amides is 2. The zero-order valence-corrected chi connectivity index (χ0v) is 19.6. The van der Waals surface area contributed by atoms with E-state index in [1.165, 1.54) is 13.8 Å². The molecule has 3 N–H and O–H groups in total. The summed E-state index contributed by atoms with van der Waals surface area (Å²) in [6.07, 6.45) is -0.0147. The first-order valence-corrected chi connectivity index (χ1v) is 11.3. The Labute approximate surface area is 194 Å². The number of rotatable bonds is 9. The number of carboxylic acid groups (broad SMARTS) is 1. The predicted octanol–water partition coefficient (Wildman–Crippen LogP) is 4.17. The van der Waals surface area contributed by atoms with Crippen molar-refractivity contribution in [2.75, 3.05) is 13.2 Å². The summed E-state index contributed by atoms with van der Waals surface area (Å²) >= 11 is 0. The van der Waals surface area contributed by atoms with Crippen molar-refractivity contribution in [1.29, 1.82) is 0 Å². The fourth-order valence-corrected chi connectivity index (χ4v) is 3.96. The molecular weight excluding hydrogens is 420 g/mol. The number of carboxylic acids is 1. The molecule has 0 radical (unpaired) electrons. The summed E-state index contributed by atoms with van der Waals surface area (Å²) in [4.78, 5) is 36.7. The molecule has 0 spiro atoms. The average molecular weight is 453 g/mol. The quantitative estimate of drug-likeness (QED) is 0.530. The summed E-state index contributed by atoms with van der Waals surface area (Å²) in [6.45, 7) is 6.96. The van der Waals surface area contributed by atoms with Crippen LogP contribution in [0.5, 0.6) is 0 Å². The Morgan fingerprint density at radius 2 is 1.58 bits per heavy atom. The van der Waals surface area contributed by atoms with E-state index in [0.717, 1.165) is 22.3 Å². The minimum atomic E-state index is -1.11. The van der Waals surface area contributed by atoms with Gasteiger partial charge in [0.15, 0.2) is 0 Å². The maximum Gasteiger partial charge on any atom is 0.407 e. The number of fused-ring (bicyclic) bond motifs is 3. The molecule has 2 aromatic carbocycles. The van der Waals surface area contributed by atoms with Crippen LogP contribution in [0.25, 0.3) is 11.1 Å². The minimum Gasteiger partial charge on any atom is -0.481 e. The summed E-state index contributed by atoms with van der Waals surface area (Å²) in [5, 5.41) is 14.6. The van der Waals surface area contributed by atoms with Gasteiger partial charge in [-0.2, -0.15) is 0 Å². The van der Waals surface area contributed by atoms with E-state index in [1.54, 1.807) is 0 Å². The predicted molar refractivity (Wildman–Crippen MR) is 126 cm³/mol. The molecule has 2 amide bonds. The normalized spacial score (nSPS) is 14.5. The third-order valence-corrected chi connectivity index (χ3v) is 6.40. The third-order valence-electron chi connectivity index (χ3n) is 6.40. The number of hydrogen-bond donors (Lipinski definition) is 3. The Morgan fingerprint density at radius 1 is 1.03 bits per heavy atom. The summed E-state index contributed by atoms with van der Waals surface area (Å²) in [7, 11) is 0. The molecule has 33 heavy (non-hydrogen) atoms. The number of hydrogen-bond acceptors (Lipinski definition) is 4. The molecule has 0 bridgehead atoms. The van der Waals surface area contributed by atoms with Gasteiger partial charge in [-0.1, -0.05) is 68.8 Å². The standard InChI is InChI=1S/C26H32N2O5/c1-5-16(2)22(23(29)27-15-26(3,4)24(30)31)28-25(32)33-14-21-19-12-8-6-10-17(19)18-11-7-9-13-20(18)21/h6-13,16,21-22H,5,14-15H2,1-4H3,(H,27,29)(H,28,32)(H,30,31)/t16-,22-/m0/s1. The van der Waals surface area contributed by atoms with E-state index in [4.69, 9.17) is 4.74 Å². The minimum absolute atomic E-state index is 0.0412. The largest absolute Gasteiger partial charge is 0.481 e. The molecule has 1 aliphatic carbocycles. The van der Waals surface area contributed by atoms with Gasteiger partial charge in [-0.25, -0.2) is 4.79 Å². The summed E-state index contributed by atoms with van der Waals surface area (Å²) in [5.74, 6) is -1.66. The van der Waals surface area contributed by atoms with Crippen molar-refractivity contribution in [1.82, 2.24) is 10.6 Å². The summed E-state index contributed by atoms with van der Waals surface area (Å²) < 4.78 is 5.57. The molecule has 1 aliphatic rings. The number of nitrogens with one attached hydrogen (secondary N) is 2. The molecule has 2 aromatic rings.